The van der Waals surface area contributed by atoms with Gasteiger partial charge in [-0.05, 0) is 18.2 Å². The topological polar surface area (TPSA) is 74.7 Å². The van der Waals surface area contributed by atoms with Gasteiger partial charge in [0.05, 0.1) is 13.2 Å². The van der Waals surface area contributed by atoms with Crippen molar-refractivity contribution in [2.24, 2.45) is 0 Å². The van der Waals surface area contributed by atoms with Crippen molar-refractivity contribution in [3.8, 4) is 0 Å². The molecule has 0 radical (unpaired) electrons. The molecule has 1 amide bonds. The Labute approximate surface area is 152 Å². The van der Waals surface area contributed by atoms with Gasteiger partial charge < -0.3 is 19.4 Å². The molecule has 136 valence electrons. The summed E-state index contributed by atoms with van der Waals surface area (Å²) in [5.41, 5.74) is 0.498. The van der Waals surface area contributed by atoms with Gasteiger partial charge in [-0.25, -0.2) is 4.98 Å². The molecule has 8 heteroatoms. The summed E-state index contributed by atoms with van der Waals surface area (Å²) in [4.78, 5) is 32.0. The Morgan fingerprint density at radius 3 is 2.42 bits per heavy atom. The van der Waals surface area contributed by atoms with Crippen LogP contribution in [0.4, 0.5) is 11.8 Å². The average Bonchev–Trinajstić information content (AvgIpc) is 2.75. The highest BCUT2D eigenvalue weighted by molar-refractivity contribution is 5.92. The number of rotatable bonds is 3. The molecule has 0 unspecified atom stereocenters. The molecule has 4 heterocycles. The van der Waals surface area contributed by atoms with Gasteiger partial charge in [0.25, 0.3) is 5.91 Å². The van der Waals surface area contributed by atoms with Gasteiger partial charge in [0, 0.05) is 51.7 Å². The van der Waals surface area contributed by atoms with Crippen molar-refractivity contribution < 1.29 is 9.53 Å². The van der Waals surface area contributed by atoms with Gasteiger partial charge in [-0.2, -0.15) is 4.98 Å². The van der Waals surface area contributed by atoms with Gasteiger partial charge in [-0.15, -0.1) is 0 Å². The third-order valence-electron chi connectivity index (χ3n) is 4.70. The van der Waals surface area contributed by atoms with Crippen LogP contribution in [-0.4, -0.2) is 78.2 Å². The summed E-state index contributed by atoms with van der Waals surface area (Å²) in [6, 6.07) is 7.34. The molecule has 0 saturated carbocycles. The summed E-state index contributed by atoms with van der Waals surface area (Å²) in [5.74, 6) is 1.64. The van der Waals surface area contributed by atoms with Gasteiger partial charge in [0.15, 0.2) is 0 Å². The highest BCUT2D eigenvalue weighted by atomic mass is 16.5. The molecule has 2 aliphatic heterocycles. The third kappa shape index (κ3) is 3.60. The summed E-state index contributed by atoms with van der Waals surface area (Å²) >= 11 is 0. The molecular formula is C18H22N6O2. The second-order valence-corrected chi connectivity index (χ2v) is 6.31. The van der Waals surface area contributed by atoms with Crippen LogP contribution >= 0.6 is 0 Å². The van der Waals surface area contributed by atoms with Crippen LogP contribution in [0.2, 0.25) is 0 Å². The zero-order chi connectivity index (χ0) is 17.8. The molecule has 26 heavy (non-hydrogen) atoms. The lowest BCUT2D eigenvalue weighted by molar-refractivity contribution is 0.0740. The fourth-order valence-corrected chi connectivity index (χ4v) is 3.22. The Kier molecular flexibility index (Phi) is 4.92. The Balaban J connectivity index is 1.39. The van der Waals surface area contributed by atoms with E-state index in [1.54, 1.807) is 18.5 Å². The number of ether oxygens (including phenoxy) is 1. The smallest absolute Gasteiger partial charge is 0.272 e. The number of piperazine rings is 1. The molecule has 2 fully saturated rings. The van der Waals surface area contributed by atoms with Crippen LogP contribution in [-0.2, 0) is 4.74 Å². The number of hydrogen-bond donors (Lipinski definition) is 0. The molecular weight excluding hydrogens is 332 g/mol. The second-order valence-electron chi connectivity index (χ2n) is 6.31. The van der Waals surface area contributed by atoms with E-state index >= 15 is 0 Å². The highest BCUT2D eigenvalue weighted by Crippen LogP contribution is 2.18. The Hall–Kier alpha value is -2.74. The predicted octanol–water partition coefficient (Wildman–Crippen LogP) is 0.671. The second kappa shape index (κ2) is 7.65. The van der Waals surface area contributed by atoms with Crippen molar-refractivity contribution in [3.05, 3.63) is 42.4 Å². The average molecular weight is 354 g/mol. The molecule has 2 saturated heterocycles. The summed E-state index contributed by atoms with van der Waals surface area (Å²) in [5, 5.41) is 0. The van der Waals surface area contributed by atoms with Crippen molar-refractivity contribution >= 4 is 17.7 Å². The molecule has 0 aromatic carbocycles. The number of carbonyl (C=O) groups excluding carboxylic acids is 1. The van der Waals surface area contributed by atoms with E-state index in [2.05, 4.69) is 19.8 Å². The number of morpholine rings is 1. The van der Waals surface area contributed by atoms with Crippen molar-refractivity contribution in [2.75, 3.05) is 62.3 Å². The van der Waals surface area contributed by atoms with Crippen LogP contribution < -0.4 is 9.80 Å². The quantitative estimate of drug-likeness (QED) is 0.802. The maximum Gasteiger partial charge on any atom is 0.272 e. The van der Waals surface area contributed by atoms with Crippen molar-refractivity contribution in [2.45, 2.75) is 0 Å². The van der Waals surface area contributed by atoms with Crippen LogP contribution in [0.3, 0.4) is 0 Å². The van der Waals surface area contributed by atoms with Gasteiger partial charge >= 0.3 is 0 Å². The van der Waals surface area contributed by atoms with E-state index in [4.69, 9.17) is 9.72 Å². The lowest BCUT2D eigenvalue weighted by Crippen LogP contribution is -2.49. The van der Waals surface area contributed by atoms with Crippen LogP contribution in [0.15, 0.2) is 36.7 Å². The van der Waals surface area contributed by atoms with E-state index in [-0.39, 0.29) is 5.91 Å². The maximum atomic E-state index is 12.5. The van der Waals surface area contributed by atoms with E-state index in [0.717, 1.165) is 37.9 Å². The molecule has 8 nitrogen and oxygen atoms in total. The van der Waals surface area contributed by atoms with E-state index in [9.17, 15) is 4.79 Å². The first-order chi connectivity index (χ1) is 12.8. The first-order valence-corrected chi connectivity index (χ1v) is 8.92. The fourth-order valence-electron chi connectivity index (χ4n) is 3.22. The summed E-state index contributed by atoms with van der Waals surface area (Å²) < 4.78 is 5.39. The standard InChI is InChI=1S/C18H22N6O2/c25-17(15-3-1-2-5-19-15)23-9-7-22(8-10-23)16-4-6-20-18(21-16)24-11-13-26-14-12-24/h1-6H,7-14H2. The van der Waals surface area contributed by atoms with Crippen molar-refractivity contribution in [3.63, 3.8) is 0 Å². The molecule has 2 aromatic rings. The van der Waals surface area contributed by atoms with Gasteiger partial charge in [0.1, 0.15) is 11.5 Å². The lowest BCUT2D eigenvalue weighted by atomic mass is 10.2. The predicted molar refractivity (Wildman–Crippen MR) is 97.4 cm³/mol. The minimum Gasteiger partial charge on any atom is -0.378 e. The van der Waals surface area contributed by atoms with Crippen LogP contribution in [0.25, 0.3) is 0 Å². The van der Waals surface area contributed by atoms with Gasteiger partial charge in [0.2, 0.25) is 5.95 Å². The number of aromatic nitrogens is 3. The normalized spacial score (nSPS) is 18.1. The van der Waals surface area contributed by atoms with Crippen molar-refractivity contribution in [1.29, 1.82) is 0 Å². The Morgan fingerprint density at radius 1 is 0.885 bits per heavy atom. The minimum atomic E-state index is -0.0121. The zero-order valence-electron chi connectivity index (χ0n) is 14.6. The molecule has 2 aliphatic rings. The molecule has 0 bridgehead atoms. The van der Waals surface area contributed by atoms with Crippen LogP contribution in [0.1, 0.15) is 10.5 Å². The fraction of sp³-hybridized carbons (Fsp3) is 0.444. The molecule has 4 rings (SSSR count). The van der Waals surface area contributed by atoms with E-state index < -0.39 is 0 Å². The number of carbonyl (C=O) groups is 1. The molecule has 0 spiro atoms. The number of amides is 1. The van der Waals surface area contributed by atoms with Crippen molar-refractivity contribution in [1.82, 2.24) is 19.9 Å². The Morgan fingerprint density at radius 2 is 1.69 bits per heavy atom. The summed E-state index contributed by atoms with van der Waals surface area (Å²) in [6.07, 6.45) is 3.45. The monoisotopic (exact) mass is 354 g/mol. The molecule has 0 atom stereocenters. The van der Waals surface area contributed by atoms with Crippen LogP contribution in [0.5, 0.6) is 0 Å². The molecule has 0 N–H and O–H groups in total. The number of anilines is 2. The van der Waals surface area contributed by atoms with E-state index in [0.29, 0.717) is 32.0 Å². The lowest BCUT2D eigenvalue weighted by Gasteiger charge is -2.35. The largest absolute Gasteiger partial charge is 0.378 e. The highest BCUT2D eigenvalue weighted by Gasteiger charge is 2.24. The summed E-state index contributed by atoms with van der Waals surface area (Å²) in [7, 11) is 0. The third-order valence-corrected chi connectivity index (χ3v) is 4.70. The maximum absolute atomic E-state index is 12.5. The van der Waals surface area contributed by atoms with Crippen LogP contribution in [0, 0.1) is 0 Å². The number of pyridine rings is 1. The van der Waals surface area contributed by atoms with E-state index in [1.165, 1.54) is 0 Å². The number of hydrogen-bond acceptors (Lipinski definition) is 7. The van der Waals surface area contributed by atoms with Gasteiger partial charge in [-0.3, -0.25) is 9.78 Å². The molecule has 0 aliphatic carbocycles. The first kappa shape index (κ1) is 16.7. The Bertz CT molecular complexity index is 742. The first-order valence-electron chi connectivity index (χ1n) is 8.92. The molecule has 2 aromatic heterocycles. The van der Waals surface area contributed by atoms with Gasteiger partial charge in [-0.1, -0.05) is 6.07 Å². The summed E-state index contributed by atoms with van der Waals surface area (Å²) in [6.45, 7) is 5.87. The minimum absolute atomic E-state index is 0.0121. The number of nitrogens with zero attached hydrogens (tertiary/aromatic N) is 6. The van der Waals surface area contributed by atoms with E-state index in [1.807, 2.05) is 23.1 Å². The zero-order valence-corrected chi connectivity index (χ0v) is 14.6. The SMILES string of the molecule is O=C(c1ccccn1)N1CCN(c2ccnc(N3CCOCC3)n2)CC1.